The number of amides is 2. The highest BCUT2D eigenvalue weighted by Crippen LogP contribution is 2.33. The molecule has 1 aliphatic heterocycles. The fraction of sp³-hybridized carbons (Fsp3) is 0.333. The van der Waals surface area contributed by atoms with Crippen LogP contribution in [0.3, 0.4) is 0 Å². The second-order valence-electron chi connectivity index (χ2n) is 4.59. The van der Waals surface area contributed by atoms with Crippen molar-refractivity contribution in [1.29, 1.82) is 0 Å². The Hall–Kier alpha value is -2.22. The molecule has 3 N–H and O–H groups in total. The smallest absolute Gasteiger partial charge is 0.273 e. The Morgan fingerprint density at radius 2 is 2.35 bits per heavy atom. The van der Waals surface area contributed by atoms with Crippen molar-refractivity contribution in [3.63, 3.8) is 0 Å². The van der Waals surface area contributed by atoms with Gasteiger partial charge in [0, 0.05) is 11.9 Å². The van der Waals surface area contributed by atoms with Crippen molar-refractivity contribution in [2.45, 2.75) is 18.9 Å². The number of rotatable bonds is 3. The summed E-state index contributed by atoms with van der Waals surface area (Å²) in [6, 6.07) is -0.200. The highest BCUT2D eigenvalue weighted by atomic mass is 32.1. The van der Waals surface area contributed by atoms with Gasteiger partial charge in [0.05, 0.1) is 29.0 Å². The van der Waals surface area contributed by atoms with Crippen molar-refractivity contribution < 1.29 is 9.59 Å². The molecule has 2 aromatic heterocycles. The third-order valence-corrected chi connectivity index (χ3v) is 4.02. The molecule has 1 fully saturated rings. The minimum Gasteiger partial charge on any atom is -0.365 e. The van der Waals surface area contributed by atoms with E-state index in [1.165, 1.54) is 17.5 Å². The van der Waals surface area contributed by atoms with Crippen molar-refractivity contribution in [2.24, 2.45) is 5.73 Å². The first-order valence-corrected chi connectivity index (χ1v) is 7.15. The molecule has 1 aliphatic rings. The lowest BCUT2D eigenvalue weighted by Gasteiger charge is -2.23. The molecular weight excluding hydrogens is 278 g/mol. The van der Waals surface area contributed by atoms with Gasteiger partial charge in [-0.25, -0.2) is 4.98 Å². The number of aromatic amines is 1. The zero-order valence-corrected chi connectivity index (χ0v) is 11.4. The van der Waals surface area contributed by atoms with E-state index >= 15 is 0 Å². The van der Waals surface area contributed by atoms with Gasteiger partial charge in [-0.05, 0) is 12.8 Å². The summed E-state index contributed by atoms with van der Waals surface area (Å²) in [7, 11) is 0. The molecule has 0 unspecified atom stereocenters. The second-order valence-corrected chi connectivity index (χ2v) is 5.31. The molecule has 0 bridgehead atoms. The van der Waals surface area contributed by atoms with Gasteiger partial charge in [-0.2, -0.15) is 5.10 Å². The molecule has 8 heteroatoms. The number of H-pyrrole nitrogens is 1. The van der Waals surface area contributed by atoms with E-state index in [1.54, 1.807) is 15.8 Å². The first-order chi connectivity index (χ1) is 9.68. The van der Waals surface area contributed by atoms with Crippen molar-refractivity contribution in [3.8, 4) is 0 Å². The molecular formula is C12H13N5O2S. The quantitative estimate of drug-likeness (QED) is 0.878. The summed E-state index contributed by atoms with van der Waals surface area (Å²) in [6.07, 6.45) is 3.05. The molecule has 0 saturated carbocycles. The predicted molar refractivity (Wildman–Crippen MR) is 72.2 cm³/mol. The highest BCUT2D eigenvalue weighted by Gasteiger charge is 2.34. The average Bonchev–Trinajstić information content (AvgIpc) is 3.17. The predicted octanol–water partition coefficient (Wildman–Crippen LogP) is 0.942. The van der Waals surface area contributed by atoms with Gasteiger partial charge in [0.2, 0.25) is 0 Å². The molecule has 0 radical (unpaired) electrons. The summed E-state index contributed by atoms with van der Waals surface area (Å²) in [4.78, 5) is 29.6. The van der Waals surface area contributed by atoms with Crippen LogP contribution in [0.4, 0.5) is 0 Å². The third-order valence-electron chi connectivity index (χ3n) is 3.43. The van der Waals surface area contributed by atoms with Crippen LogP contribution in [0.5, 0.6) is 0 Å². The van der Waals surface area contributed by atoms with E-state index in [-0.39, 0.29) is 11.9 Å². The molecule has 2 amide bonds. The van der Waals surface area contributed by atoms with E-state index in [2.05, 4.69) is 15.2 Å². The molecule has 3 rings (SSSR count). The van der Waals surface area contributed by atoms with Crippen LogP contribution in [0.2, 0.25) is 0 Å². The van der Waals surface area contributed by atoms with Gasteiger partial charge < -0.3 is 10.6 Å². The van der Waals surface area contributed by atoms with E-state index in [9.17, 15) is 9.59 Å². The number of nitrogens with one attached hydrogen (secondary N) is 1. The SMILES string of the molecule is NC(=O)c1cn[nH]c1[C@H]1CCCN1C(=O)c1cscn1. The number of hydrogen-bond acceptors (Lipinski definition) is 5. The number of aromatic nitrogens is 3. The van der Waals surface area contributed by atoms with Crippen LogP contribution < -0.4 is 5.73 Å². The van der Waals surface area contributed by atoms with Crippen LogP contribution >= 0.6 is 11.3 Å². The monoisotopic (exact) mass is 291 g/mol. The molecule has 104 valence electrons. The number of hydrogen-bond donors (Lipinski definition) is 2. The number of primary amides is 1. The normalized spacial score (nSPS) is 18.4. The molecule has 20 heavy (non-hydrogen) atoms. The first-order valence-electron chi connectivity index (χ1n) is 6.20. The van der Waals surface area contributed by atoms with Crippen LogP contribution in [0.1, 0.15) is 45.4 Å². The lowest BCUT2D eigenvalue weighted by Crippen LogP contribution is -2.32. The van der Waals surface area contributed by atoms with Gasteiger partial charge in [0.15, 0.2) is 0 Å². The summed E-state index contributed by atoms with van der Waals surface area (Å²) in [5.41, 5.74) is 8.34. The Kier molecular flexibility index (Phi) is 3.23. The van der Waals surface area contributed by atoms with Gasteiger partial charge in [0.25, 0.3) is 11.8 Å². The summed E-state index contributed by atoms with van der Waals surface area (Å²) < 4.78 is 0. The summed E-state index contributed by atoms with van der Waals surface area (Å²) in [6.45, 7) is 0.637. The number of carbonyl (C=O) groups is 2. The van der Waals surface area contributed by atoms with Gasteiger partial charge in [-0.1, -0.05) is 0 Å². The zero-order valence-electron chi connectivity index (χ0n) is 10.6. The second kappa shape index (κ2) is 5.04. The van der Waals surface area contributed by atoms with E-state index in [4.69, 9.17) is 5.73 Å². The third kappa shape index (κ3) is 2.07. The van der Waals surface area contributed by atoms with Gasteiger partial charge >= 0.3 is 0 Å². The van der Waals surface area contributed by atoms with E-state index in [0.29, 0.717) is 23.5 Å². The molecule has 3 heterocycles. The maximum absolute atomic E-state index is 12.4. The average molecular weight is 291 g/mol. The summed E-state index contributed by atoms with van der Waals surface area (Å²) in [5, 5.41) is 8.39. The topological polar surface area (TPSA) is 105 Å². The van der Waals surface area contributed by atoms with Crippen molar-refractivity contribution in [3.05, 3.63) is 34.0 Å². The van der Waals surface area contributed by atoms with Crippen LogP contribution in [0.15, 0.2) is 17.1 Å². The first kappa shape index (κ1) is 12.8. The van der Waals surface area contributed by atoms with Crippen molar-refractivity contribution >= 4 is 23.2 Å². The van der Waals surface area contributed by atoms with Crippen LogP contribution in [-0.4, -0.2) is 38.4 Å². The molecule has 1 atom stereocenters. The zero-order chi connectivity index (χ0) is 14.1. The van der Waals surface area contributed by atoms with Crippen LogP contribution in [-0.2, 0) is 0 Å². The fourth-order valence-corrected chi connectivity index (χ4v) is 3.05. The van der Waals surface area contributed by atoms with Gasteiger partial charge in [-0.3, -0.25) is 14.7 Å². The number of likely N-dealkylation sites (tertiary alicyclic amines) is 1. The van der Waals surface area contributed by atoms with E-state index in [1.807, 2.05) is 0 Å². The number of nitrogens with two attached hydrogens (primary N) is 1. The van der Waals surface area contributed by atoms with Gasteiger partial charge in [-0.15, -0.1) is 11.3 Å². The minimum absolute atomic E-state index is 0.126. The Labute approximate surface area is 118 Å². The Balaban J connectivity index is 1.91. The van der Waals surface area contributed by atoms with E-state index < -0.39 is 5.91 Å². The molecule has 0 aliphatic carbocycles. The number of carbonyl (C=O) groups excluding carboxylic acids is 2. The fourth-order valence-electron chi connectivity index (χ4n) is 2.52. The lowest BCUT2D eigenvalue weighted by molar-refractivity contribution is 0.0725. The summed E-state index contributed by atoms with van der Waals surface area (Å²) >= 11 is 1.38. The molecule has 1 saturated heterocycles. The standard InChI is InChI=1S/C12H13N5O2S/c13-11(18)7-4-15-16-10(7)9-2-1-3-17(9)12(19)8-5-20-6-14-8/h4-6,9H,1-3H2,(H2,13,18)(H,15,16)/t9-/m1/s1. The van der Waals surface area contributed by atoms with Crippen LogP contribution in [0.25, 0.3) is 0 Å². The minimum atomic E-state index is -0.540. The lowest BCUT2D eigenvalue weighted by atomic mass is 10.1. The summed E-state index contributed by atoms with van der Waals surface area (Å²) in [5.74, 6) is -0.666. The molecule has 2 aromatic rings. The molecule has 0 aromatic carbocycles. The van der Waals surface area contributed by atoms with E-state index in [0.717, 1.165) is 12.8 Å². The van der Waals surface area contributed by atoms with Gasteiger partial charge in [0.1, 0.15) is 5.69 Å². The van der Waals surface area contributed by atoms with Crippen molar-refractivity contribution in [2.75, 3.05) is 6.54 Å². The Morgan fingerprint density at radius 1 is 1.50 bits per heavy atom. The maximum atomic E-state index is 12.4. The Morgan fingerprint density at radius 3 is 3.05 bits per heavy atom. The molecule has 0 spiro atoms. The largest absolute Gasteiger partial charge is 0.365 e. The number of nitrogens with zero attached hydrogens (tertiary/aromatic N) is 3. The van der Waals surface area contributed by atoms with Crippen molar-refractivity contribution in [1.82, 2.24) is 20.1 Å². The molecule has 7 nitrogen and oxygen atoms in total. The number of thiazole rings is 1. The Bertz CT molecular complexity index is 636. The highest BCUT2D eigenvalue weighted by molar-refractivity contribution is 7.07. The maximum Gasteiger partial charge on any atom is 0.273 e. The van der Waals surface area contributed by atoms with Crippen LogP contribution in [0, 0.1) is 0 Å².